The summed E-state index contributed by atoms with van der Waals surface area (Å²) in [6, 6.07) is 8.80. The van der Waals surface area contributed by atoms with E-state index in [1.54, 1.807) is 12.1 Å². The molecule has 7 nitrogen and oxygen atoms in total. The zero-order valence-corrected chi connectivity index (χ0v) is 11.9. The Morgan fingerprint density at radius 2 is 1.59 bits per heavy atom. The number of hydrogen-bond donors (Lipinski definition) is 0. The average molecular weight is 297 g/mol. The molecule has 22 heavy (non-hydrogen) atoms. The van der Waals surface area contributed by atoms with Crippen molar-refractivity contribution in [3.63, 3.8) is 0 Å². The number of hydrogen-bond acceptors (Lipinski definition) is 6. The first-order chi connectivity index (χ1) is 10.3. The molecule has 0 aromatic heterocycles. The van der Waals surface area contributed by atoms with Gasteiger partial charge in [-0.05, 0) is 19.4 Å². The summed E-state index contributed by atoms with van der Waals surface area (Å²) < 4.78 is 0. The van der Waals surface area contributed by atoms with Crippen LogP contribution in [0.2, 0.25) is 0 Å². The molecule has 0 saturated heterocycles. The highest BCUT2D eigenvalue weighted by molar-refractivity contribution is 6.13. The van der Waals surface area contributed by atoms with Crippen molar-refractivity contribution in [1.29, 1.82) is 10.5 Å². The number of carbonyl (C=O) groups is 2. The maximum absolute atomic E-state index is 12.0. The standard InChI is InChI=1S/C15H11N3O4/c1-9(19)15(10(2)20)13(14(15,7-16)8-17)11-3-5-12(6-4-11)18(21)22/h3-6,13H,1-2H3/t13-/m1/s1. The van der Waals surface area contributed by atoms with Gasteiger partial charge in [-0.2, -0.15) is 10.5 Å². The second-order valence-corrected chi connectivity index (χ2v) is 5.23. The van der Waals surface area contributed by atoms with Crippen LogP contribution in [0, 0.1) is 43.6 Å². The highest BCUT2D eigenvalue weighted by atomic mass is 16.6. The molecule has 110 valence electrons. The van der Waals surface area contributed by atoms with Crippen molar-refractivity contribution in [2.45, 2.75) is 19.8 Å². The van der Waals surface area contributed by atoms with Crippen LogP contribution in [0.1, 0.15) is 25.3 Å². The van der Waals surface area contributed by atoms with E-state index in [4.69, 9.17) is 0 Å². The molecule has 0 radical (unpaired) electrons. The molecule has 1 aromatic rings. The van der Waals surface area contributed by atoms with Crippen LogP contribution in [0.15, 0.2) is 24.3 Å². The Kier molecular flexibility index (Phi) is 3.31. The third-order valence-corrected chi connectivity index (χ3v) is 4.31. The largest absolute Gasteiger partial charge is 0.299 e. The first-order valence-corrected chi connectivity index (χ1v) is 6.38. The molecule has 1 fully saturated rings. The molecular weight excluding hydrogens is 286 g/mol. The fourth-order valence-electron chi connectivity index (χ4n) is 3.30. The lowest BCUT2D eigenvalue weighted by atomic mass is 9.87. The lowest BCUT2D eigenvalue weighted by Gasteiger charge is -2.09. The normalized spacial score (nSPS) is 20.3. The van der Waals surface area contributed by atoms with Gasteiger partial charge >= 0.3 is 0 Å². The first-order valence-electron chi connectivity index (χ1n) is 6.38. The minimum Gasteiger partial charge on any atom is -0.299 e. The fourth-order valence-corrected chi connectivity index (χ4v) is 3.30. The van der Waals surface area contributed by atoms with Gasteiger partial charge in [0.2, 0.25) is 0 Å². The monoisotopic (exact) mass is 297 g/mol. The van der Waals surface area contributed by atoms with Crippen LogP contribution < -0.4 is 0 Å². The van der Waals surface area contributed by atoms with E-state index in [-0.39, 0.29) is 5.69 Å². The van der Waals surface area contributed by atoms with Gasteiger partial charge in [-0.15, -0.1) is 0 Å². The zero-order chi connectivity index (χ0) is 16.7. The van der Waals surface area contributed by atoms with Crippen molar-refractivity contribution >= 4 is 17.3 Å². The summed E-state index contributed by atoms with van der Waals surface area (Å²) in [4.78, 5) is 34.2. The van der Waals surface area contributed by atoms with Crippen molar-refractivity contribution in [3.05, 3.63) is 39.9 Å². The minimum absolute atomic E-state index is 0.153. The van der Waals surface area contributed by atoms with Crippen LogP contribution in [0.4, 0.5) is 5.69 Å². The Balaban J connectivity index is 2.61. The lowest BCUT2D eigenvalue weighted by Crippen LogP contribution is -2.28. The summed E-state index contributed by atoms with van der Waals surface area (Å²) in [7, 11) is 0. The van der Waals surface area contributed by atoms with E-state index < -0.39 is 33.2 Å². The number of benzene rings is 1. The number of nitro groups is 1. The Labute approximate surface area is 125 Å². The molecule has 1 atom stereocenters. The molecule has 0 amide bonds. The van der Waals surface area contributed by atoms with Gasteiger partial charge in [0.1, 0.15) is 17.0 Å². The molecule has 1 aromatic carbocycles. The molecule has 0 spiro atoms. The van der Waals surface area contributed by atoms with E-state index in [1.807, 2.05) is 0 Å². The molecule has 0 heterocycles. The predicted octanol–water partition coefficient (Wildman–Crippen LogP) is 1.89. The molecule has 0 aliphatic heterocycles. The van der Waals surface area contributed by atoms with Gasteiger partial charge in [0.15, 0.2) is 5.41 Å². The van der Waals surface area contributed by atoms with Gasteiger partial charge in [0.25, 0.3) is 5.69 Å². The average Bonchev–Trinajstić information content (AvgIpc) is 3.12. The van der Waals surface area contributed by atoms with Crippen molar-refractivity contribution in [3.8, 4) is 12.1 Å². The molecular formula is C15H11N3O4. The molecule has 7 heteroatoms. The summed E-state index contributed by atoms with van der Waals surface area (Å²) >= 11 is 0. The summed E-state index contributed by atoms with van der Waals surface area (Å²) in [6.45, 7) is 2.35. The highest BCUT2D eigenvalue weighted by Crippen LogP contribution is 2.74. The third-order valence-electron chi connectivity index (χ3n) is 4.31. The second kappa shape index (κ2) is 4.74. The van der Waals surface area contributed by atoms with Crippen LogP contribution in [0.25, 0.3) is 0 Å². The van der Waals surface area contributed by atoms with Gasteiger partial charge in [-0.1, -0.05) is 12.1 Å². The van der Waals surface area contributed by atoms with Crippen molar-refractivity contribution in [2.75, 3.05) is 0 Å². The van der Waals surface area contributed by atoms with Crippen LogP contribution in [-0.4, -0.2) is 16.5 Å². The van der Waals surface area contributed by atoms with Crippen LogP contribution in [0.3, 0.4) is 0 Å². The number of rotatable bonds is 4. The van der Waals surface area contributed by atoms with Gasteiger partial charge < -0.3 is 0 Å². The van der Waals surface area contributed by atoms with E-state index in [0.29, 0.717) is 5.56 Å². The van der Waals surface area contributed by atoms with E-state index in [9.17, 15) is 30.2 Å². The Morgan fingerprint density at radius 3 is 1.86 bits per heavy atom. The molecule has 2 rings (SSSR count). The first kappa shape index (κ1) is 15.3. The van der Waals surface area contributed by atoms with Gasteiger partial charge in [-0.25, -0.2) is 0 Å². The highest BCUT2D eigenvalue weighted by Gasteiger charge is 2.84. The van der Waals surface area contributed by atoms with Gasteiger partial charge in [0.05, 0.1) is 17.1 Å². The quantitative estimate of drug-likeness (QED) is 0.474. The smallest absolute Gasteiger partial charge is 0.269 e. The predicted molar refractivity (Wildman–Crippen MR) is 73.3 cm³/mol. The number of non-ortho nitro benzene ring substituents is 1. The van der Waals surface area contributed by atoms with E-state index in [2.05, 4.69) is 0 Å². The minimum atomic E-state index is -1.76. The Morgan fingerprint density at radius 1 is 1.14 bits per heavy atom. The molecule has 0 unspecified atom stereocenters. The number of nitrogens with zero attached hydrogens (tertiary/aromatic N) is 3. The van der Waals surface area contributed by atoms with Crippen LogP contribution >= 0.6 is 0 Å². The summed E-state index contributed by atoms with van der Waals surface area (Å²) in [6.07, 6.45) is 0. The van der Waals surface area contributed by atoms with Gasteiger partial charge in [0, 0.05) is 18.1 Å². The van der Waals surface area contributed by atoms with Crippen LogP contribution in [0.5, 0.6) is 0 Å². The second-order valence-electron chi connectivity index (χ2n) is 5.23. The maximum atomic E-state index is 12.0. The number of Topliss-reactive ketones (excluding diaryl/α,β-unsaturated/α-hetero) is 2. The number of ketones is 2. The molecule has 0 N–H and O–H groups in total. The third kappa shape index (κ3) is 1.60. The van der Waals surface area contributed by atoms with Crippen molar-refractivity contribution in [2.24, 2.45) is 10.8 Å². The summed E-state index contributed by atoms with van der Waals surface area (Å²) in [5, 5.41) is 29.4. The van der Waals surface area contributed by atoms with Gasteiger partial charge in [-0.3, -0.25) is 19.7 Å². The molecule has 1 aliphatic carbocycles. The van der Waals surface area contributed by atoms with E-state index >= 15 is 0 Å². The zero-order valence-electron chi connectivity index (χ0n) is 11.9. The van der Waals surface area contributed by atoms with Crippen molar-refractivity contribution in [1.82, 2.24) is 0 Å². The molecule has 0 bridgehead atoms. The van der Waals surface area contributed by atoms with E-state index in [1.165, 1.54) is 38.1 Å². The Bertz CT molecular complexity index is 739. The number of carbonyl (C=O) groups excluding carboxylic acids is 2. The maximum Gasteiger partial charge on any atom is 0.269 e. The fraction of sp³-hybridized carbons (Fsp3) is 0.333. The molecule has 1 saturated carbocycles. The lowest BCUT2D eigenvalue weighted by molar-refractivity contribution is -0.384. The van der Waals surface area contributed by atoms with E-state index in [0.717, 1.165) is 0 Å². The number of nitro benzene ring substituents is 1. The summed E-state index contributed by atoms with van der Waals surface area (Å²) in [5.74, 6) is -2.01. The summed E-state index contributed by atoms with van der Waals surface area (Å²) in [5.41, 5.74) is -3.23. The Hall–Kier alpha value is -3.06. The number of nitriles is 2. The van der Waals surface area contributed by atoms with Crippen LogP contribution in [-0.2, 0) is 9.59 Å². The SMILES string of the molecule is CC(=O)C1(C(C)=O)[C@H](c2ccc([N+](=O)[O-])cc2)C1(C#N)C#N. The topological polar surface area (TPSA) is 125 Å². The van der Waals surface area contributed by atoms with Crippen molar-refractivity contribution < 1.29 is 14.5 Å². The molecule has 1 aliphatic rings.